The van der Waals surface area contributed by atoms with Gasteiger partial charge in [0.2, 0.25) is 0 Å². The maximum atomic E-state index is 14.7. The Bertz CT molecular complexity index is 2060. The smallest absolute Gasteiger partial charge is 0.261 e. The number of aliphatic hydroxyl groups is 1. The summed E-state index contributed by atoms with van der Waals surface area (Å²) in [6.45, 7) is 6.95. The van der Waals surface area contributed by atoms with Crippen molar-refractivity contribution >= 4 is 20.8 Å². The summed E-state index contributed by atoms with van der Waals surface area (Å²) in [5.41, 5.74) is 3.39. The van der Waals surface area contributed by atoms with Crippen LogP contribution in [0, 0.1) is 25.5 Å². The molecule has 0 saturated carbocycles. The van der Waals surface area contributed by atoms with E-state index in [9.17, 15) is 27.1 Å². The Balaban J connectivity index is 1.71. The van der Waals surface area contributed by atoms with Crippen LogP contribution in [0.15, 0.2) is 70.0 Å². The Kier molecular flexibility index (Phi) is 8.86. The fraction of sp³-hybridized carbons (Fsp3) is 0.265. The zero-order chi connectivity index (χ0) is 32.6. The molecule has 5 aromatic rings. The number of aromatic nitrogens is 1. The highest BCUT2D eigenvalue weighted by Crippen LogP contribution is 2.41. The minimum Gasteiger partial charge on any atom is -0.491 e. The largest absolute Gasteiger partial charge is 0.491 e. The highest BCUT2D eigenvalue weighted by Gasteiger charge is 2.23. The Morgan fingerprint density at radius 2 is 1.64 bits per heavy atom. The number of pyridine rings is 1. The Morgan fingerprint density at radius 1 is 0.956 bits per heavy atom. The Morgan fingerprint density at radius 3 is 2.29 bits per heavy atom. The minimum atomic E-state index is -3.49. The standard InChI is InChI=1S/C34H33F2NO7S/c1-19(2)45(40,41)18-22-6-8-29(43-30-9-7-24(35)15-28(30)36)25(14-22)27-17-37(5)34(39)26-16-31(44-33(26)27)23-12-20(3)32(21(4)13-23)42-11-10-38/h6-9,12-17,19,38H,10-11,18H2,1-5H3. The van der Waals surface area contributed by atoms with Crippen molar-refractivity contribution < 1.29 is 36.2 Å². The second-order valence-corrected chi connectivity index (χ2v) is 13.7. The van der Waals surface area contributed by atoms with Crippen molar-refractivity contribution in [3.63, 3.8) is 0 Å². The summed E-state index contributed by atoms with van der Waals surface area (Å²) >= 11 is 0. The van der Waals surface area contributed by atoms with Crippen molar-refractivity contribution in [1.29, 1.82) is 0 Å². The number of nitrogens with zero attached hydrogens (tertiary/aromatic N) is 1. The van der Waals surface area contributed by atoms with E-state index in [1.165, 1.54) is 10.6 Å². The van der Waals surface area contributed by atoms with Gasteiger partial charge >= 0.3 is 0 Å². The van der Waals surface area contributed by atoms with Crippen LogP contribution in [-0.4, -0.2) is 36.6 Å². The van der Waals surface area contributed by atoms with Crippen molar-refractivity contribution in [2.45, 2.75) is 38.7 Å². The molecule has 236 valence electrons. The van der Waals surface area contributed by atoms with Crippen LogP contribution in [0.3, 0.4) is 0 Å². The van der Waals surface area contributed by atoms with E-state index in [-0.39, 0.29) is 47.0 Å². The third-order valence-corrected chi connectivity index (χ3v) is 9.64. The molecule has 8 nitrogen and oxygen atoms in total. The van der Waals surface area contributed by atoms with Gasteiger partial charge in [0.15, 0.2) is 21.4 Å². The predicted molar refractivity (Wildman–Crippen MR) is 169 cm³/mol. The van der Waals surface area contributed by atoms with Gasteiger partial charge in [0.1, 0.15) is 35.3 Å². The number of fused-ring (bicyclic) bond motifs is 1. The van der Waals surface area contributed by atoms with E-state index in [2.05, 4.69) is 0 Å². The van der Waals surface area contributed by atoms with Gasteiger partial charge in [-0.15, -0.1) is 0 Å². The van der Waals surface area contributed by atoms with E-state index in [1.807, 2.05) is 26.0 Å². The molecule has 0 aliphatic rings. The van der Waals surface area contributed by atoms with Gasteiger partial charge in [-0.25, -0.2) is 17.2 Å². The molecule has 0 aliphatic carbocycles. The summed E-state index contributed by atoms with van der Waals surface area (Å²) in [4.78, 5) is 13.3. The predicted octanol–water partition coefficient (Wildman–Crippen LogP) is 6.85. The fourth-order valence-electron chi connectivity index (χ4n) is 5.09. The summed E-state index contributed by atoms with van der Waals surface area (Å²) < 4.78 is 73.2. The minimum absolute atomic E-state index is 0.125. The van der Waals surface area contributed by atoms with Crippen molar-refractivity contribution in [1.82, 2.24) is 4.57 Å². The molecule has 11 heteroatoms. The molecule has 0 radical (unpaired) electrons. The average molecular weight is 638 g/mol. The van der Waals surface area contributed by atoms with Gasteiger partial charge in [-0.05, 0) is 86.8 Å². The first-order valence-electron chi connectivity index (χ1n) is 14.2. The third kappa shape index (κ3) is 6.50. The second kappa shape index (κ2) is 12.5. The molecule has 0 bridgehead atoms. The first-order chi connectivity index (χ1) is 21.3. The van der Waals surface area contributed by atoms with E-state index in [1.54, 1.807) is 45.3 Å². The molecule has 0 unspecified atom stereocenters. The van der Waals surface area contributed by atoms with Crippen molar-refractivity contribution in [3.05, 3.63) is 99.5 Å². The van der Waals surface area contributed by atoms with E-state index in [4.69, 9.17) is 13.9 Å². The van der Waals surface area contributed by atoms with Crippen molar-refractivity contribution in [3.8, 4) is 39.7 Å². The zero-order valence-corrected chi connectivity index (χ0v) is 26.3. The van der Waals surface area contributed by atoms with Gasteiger partial charge in [-0.2, -0.15) is 0 Å². The molecule has 3 aromatic carbocycles. The summed E-state index contributed by atoms with van der Waals surface area (Å²) in [6, 6.07) is 13.0. The molecule has 2 aromatic heterocycles. The summed E-state index contributed by atoms with van der Waals surface area (Å²) in [5.74, 6) is -1.00. The third-order valence-electron chi connectivity index (χ3n) is 7.47. The van der Waals surface area contributed by atoms with Crippen LogP contribution in [0.1, 0.15) is 30.5 Å². The van der Waals surface area contributed by atoms with E-state index < -0.39 is 26.7 Å². The lowest BCUT2D eigenvalue weighted by Gasteiger charge is -2.16. The Labute approximate surface area is 259 Å². The summed E-state index contributed by atoms with van der Waals surface area (Å²) in [6.07, 6.45) is 1.55. The maximum absolute atomic E-state index is 14.7. The maximum Gasteiger partial charge on any atom is 0.261 e. The number of sulfone groups is 1. The van der Waals surface area contributed by atoms with Gasteiger partial charge in [0.05, 0.1) is 23.0 Å². The zero-order valence-electron chi connectivity index (χ0n) is 25.5. The number of ether oxygens (including phenoxy) is 2. The number of halogens is 2. The summed E-state index contributed by atoms with van der Waals surface area (Å²) in [7, 11) is -1.91. The van der Waals surface area contributed by atoms with E-state index in [0.717, 1.165) is 23.3 Å². The molecule has 5 rings (SSSR count). The number of aryl methyl sites for hydroxylation is 3. The SMILES string of the molecule is Cc1cc(-c2cc3c(=O)n(C)cc(-c4cc(CS(=O)(=O)C(C)C)ccc4Oc4ccc(F)cc4F)c3o2)cc(C)c1OCCO. The molecule has 1 N–H and O–H groups in total. The number of aliphatic hydroxyl groups excluding tert-OH is 1. The monoisotopic (exact) mass is 637 g/mol. The number of hydrogen-bond donors (Lipinski definition) is 1. The van der Waals surface area contributed by atoms with Crippen molar-refractivity contribution in [2.24, 2.45) is 7.05 Å². The number of furan rings is 1. The molecule has 0 atom stereocenters. The molecule has 2 heterocycles. The van der Waals surface area contributed by atoms with Gasteiger partial charge in [0, 0.05) is 36.0 Å². The van der Waals surface area contributed by atoms with Gasteiger partial charge in [-0.3, -0.25) is 4.79 Å². The molecule has 0 amide bonds. The first kappa shape index (κ1) is 31.9. The van der Waals surface area contributed by atoms with Crippen LogP contribution in [0.25, 0.3) is 33.4 Å². The lowest BCUT2D eigenvalue weighted by Crippen LogP contribution is -2.16. The fourth-order valence-corrected chi connectivity index (χ4v) is 6.07. The molecule has 0 spiro atoms. The van der Waals surface area contributed by atoms with Crippen LogP contribution in [0.2, 0.25) is 0 Å². The normalized spacial score (nSPS) is 11.8. The van der Waals surface area contributed by atoms with Crippen LogP contribution < -0.4 is 15.0 Å². The summed E-state index contributed by atoms with van der Waals surface area (Å²) in [5, 5.41) is 8.82. The topological polar surface area (TPSA) is 108 Å². The van der Waals surface area contributed by atoms with E-state index >= 15 is 0 Å². The average Bonchev–Trinajstić information content (AvgIpc) is 3.42. The molecule has 0 saturated heterocycles. The van der Waals surface area contributed by atoms with Gasteiger partial charge < -0.3 is 23.6 Å². The van der Waals surface area contributed by atoms with Crippen LogP contribution in [0.5, 0.6) is 17.2 Å². The first-order valence-corrected chi connectivity index (χ1v) is 16.0. The van der Waals surface area contributed by atoms with Crippen molar-refractivity contribution in [2.75, 3.05) is 13.2 Å². The van der Waals surface area contributed by atoms with Gasteiger partial charge in [0.25, 0.3) is 5.56 Å². The lowest BCUT2D eigenvalue weighted by molar-refractivity contribution is 0.200. The molecule has 0 aliphatic heterocycles. The van der Waals surface area contributed by atoms with Crippen LogP contribution >= 0.6 is 0 Å². The Hall–Kier alpha value is -4.48. The van der Waals surface area contributed by atoms with Gasteiger partial charge in [-0.1, -0.05) is 6.07 Å². The highest BCUT2D eigenvalue weighted by atomic mass is 32.2. The molecule has 45 heavy (non-hydrogen) atoms. The lowest BCUT2D eigenvalue weighted by atomic mass is 10.0. The number of hydrogen-bond acceptors (Lipinski definition) is 7. The van der Waals surface area contributed by atoms with Crippen LogP contribution in [-0.2, 0) is 22.6 Å². The highest BCUT2D eigenvalue weighted by molar-refractivity contribution is 7.91. The number of benzene rings is 3. The van der Waals surface area contributed by atoms with Crippen LogP contribution in [0.4, 0.5) is 8.78 Å². The molecule has 0 fully saturated rings. The molecular weight excluding hydrogens is 604 g/mol. The second-order valence-electron chi connectivity index (χ2n) is 11.2. The van der Waals surface area contributed by atoms with E-state index in [0.29, 0.717) is 39.8 Å². The number of rotatable bonds is 10. The quantitative estimate of drug-likeness (QED) is 0.179. The molecular formula is C34H33F2NO7S.